The predicted octanol–water partition coefficient (Wildman–Crippen LogP) is 1.75. The lowest BCUT2D eigenvalue weighted by atomic mass is 10.1. The minimum Gasteiger partial charge on any atom is -0.288 e. The fraction of sp³-hybridized carbons (Fsp3) is 0.0909. The van der Waals surface area contributed by atoms with Gasteiger partial charge < -0.3 is 0 Å². The summed E-state index contributed by atoms with van der Waals surface area (Å²) >= 11 is 6.00. The predicted molar refractivity (Wildman–Crippen MR) is 63.3 cm³/mol. The number of rotatable bonds is 2. The quantitative estimate of drug-likeness (QED) is 0.780. The second-order valence-corrected chi connectivity index (χ2v) is 3.64. The highest BCUT2D eigenvalue weighted by Gasteiger charge is 2.06. The minimum atomic E-state index is -0.203. The number of amides is 1. The van der Waals surface area contributed by atoms with Gasteiger partial charge in [-0.15, -0.1) is 0 Å². The first kappa shape index (κ1) is 10.9. The lowest BCUT2D eigenvalue weighted by Gasteiger charge is -2.04. The van der Waals surface area contributed by atoms with Crippen molar-refractivity contribution in [3.05, 3.63) is 41.0 Å². The van der Waals surface area contributed by atoms with Gasteiger partial charge in [0, 0.05) is 24.2 Å². The highest BCUT2D eigenvalue weighted by Crippen LogP contribution is 2.21. The van der Waals surface area contributed by atoms with Crippen LogP contribution in [0.5, 0.6) is 0 Å². The number of carbonyl (C=O) groups is 1. The van der Waals surface area contributed by atoms with Gasteiger partial charge in [0.1, 0.15) is 0 Å². The van der Waals surface area contributed by atoms with Gasteiger partial charge in [-0.3, -0.25) is 15.2 Å². The van der Waals surface area contributed by atoms with Crippen LogP contribution in [-0.2, 0) is 0 Å². The Labute approximate surface area is 97.6 Å². The zero-order chi connectivity index (χ0) is 11.5. The summed E-state index contributed by atoms with van der Waals surface area (Å²) in [5.74, 6) is -0.203. The molecule has 2 rings (SSSR count). The number of pyridine rings is 1. The Morgan fingerprint density at radius 2 is 2.19 bits per heavy atom. The summed E-state index contributed by atoms with van der Waals surface area (Å²) in [7, 11) is 1.63. The van der Waals surface area contributed by atoms with Crippen molar-refractivity contribution < 1.29 is 4.79 Å². The van der Waals surface area contributed by atoms with E-state index in [1.807, 2.05) is 0 Å². The number of nitrogens with one attached hydrogen (secondary N) is 2. The maximum Gasteiger partial charge on any atom is 0.265 e. The number of aromatic nitrogens is 1. The first-order valence-electron chi connectivity index (χ1n) is 4.73. The molecule has 1 aromatic heterocycles. The molecule has 5 heteroatoms. The summed E-state index contributed by atoms with van der Waals surface area (Å²) in [6, 6.07) is 6.92. The average Bonchev–Trinajstić information content (AvgIpc) is 2.29. The molecular weight excluding hydrogens is 226 g/mol. The topological polar surface area (TPSA) is 54.0 Å². The average molecular weight is 236 g/mol. The van der Waals surface area contributed by atoms with Crippen molar-refractivity contribution in [2.75, 3.05) is 7.05 Å². The third kappa shape index (κ3) is 1.98. The van der Waals surface area contributed by atoms with E-state index in [4.69, 9.17) is 11.6 Å². The Hall–Kier alpha value is -1.65. The largest absolute Gasteiger partial charge is 0.288 e. The van der Waals surface area contributed by atoms with Crippen LogP contribution in [0.4, 0.5) is 0 Å². The van der Waals surface area contributed by atoms with Gasteiger partial charge in [0.05, 0.1) is 10.5 Å². The number of carbonyl (C=O) groups excluding carboxylic acids is 1. The zero-order valence-electron chi connectivity index (χ0n) is 8.62. The van der Waals surface area contributed by atoms with Crippen LogP contribution in [0, 0.1) is 0 Å². The molecule has 0 saturated heterocycles. The van der Waals surface area contributed by atoms with Gasteiger partial charge in [-0.1, -0.05) is 17.7 Å². The Bertz CT molecular complexity index is 542. The molecule has 1 heterocycles. The van der Waals surface area contributed by atoms with Crippen molar-refractivity contribution in [3.63, 3.8) is 0 Å². The summed E-state index contributed by atoms with van der Waals surface area (Å²) in [5, 5.41) is 1.47. The normalized spacial score (nSPS) is 10.4. The summed E-state index contributed by atoms with van der Waals surface area (Å²) in [4.78, 5) is 15.7. The summed E-state index contributed by atoms with van der Waals surface area (Å²) in [6.45, 7) is 0. The van der Waals surface area contributed by atoms with E-state index in [2.05, 4.69) is 15.8 Å². The molecule has 0 unspecified atom stereocenters. The third-order valence-corrected chi connectivity index (χ3v) is 2.52. The zero-order valence-corrected chi connectivity index (χ0v) is 9.38. The smallest absolute Gasteiger partial charge is 0.265 e. The molecule has 0 aliphatic rings. The van der Waals surface area contributed by atoms with Gasteiger partial charge in [-0.2, -0.15) is 0 Å². The monoisotopic (exact) mass is 235 g/mol. The maximum atomic E-state index is 11.5. The molecule has 0 fully saturated rings. The van der Waals surface area contributed by atoms with Crippen molar-refractivity contribution in [1.29, 1.82) is 0 Å². The Morgan fingerprint density at radius 1 is 1.38 bits per heavy atom. The summed E-state index contributed by atoms with van der Waals surface area (Å²) in [5.41, 5.74) is 6.31. The lowest BCUT2D eigenvalue weighted by molar-refractivity contribution is 0.0938. The van der Waals surface area contributed by atoms with E-state index >= 15 is 0 Å². The lowest BCUT2D eigenvalue weighted by Crippen LogP contribution is -2.34. The Balaban J connectivity index is 2.48. The minimum absolute atomic E-state index is 0.203. The molecule has 0 bridgehead atoms. The molecule has 1 aromatic carbocycles. The molecule has 0 aliphatic heterocycles. The van der Waals surface area contributed by atoms with E-state index in [1.165, 1.54) is 0 Å². The fourth-order valence-electron chi connectivity index (χ4n) is 1.44. The molecule has 16 heavy (non-hydrogen) atoms. The van der Waals surface area contributed by atoms with Crippen LogP contribution in [-0.4, -0.2) is 17.9 Å². The molecule has 0 spiro atoms. The first-order valence-corrected chi connectivity index (χ1v) is 5.11. The van der Waals surface area contributed by atoms with Gasteiger partial charge in [-0.05, 0) is 18.2 Å². The molecule has 0 aliphatic carbocycles. The van der Waals surface area contributed by atoms with Gasteiger partial charge >= 0.3 is 0 Å². The van der Waals surface area contributed by atoms with E-state index in [9.17, 15) is 4.79 Å². The molecule has 4 nitrogen and oxygen atoms in total. The van der Waals surface area contributed by atoms with E-state index in [0.717, 1.165) is 5.39 Å². The number of fused-ring (bicyclic) bond motifs is 1. The highest BCUT2D eigenvalue weighted by molar-refractivity contribution is 6.35. The fourth-order valence-corrected chi connectivity index (χ4v) is 1.66. The molecule has 2 aromatic rings. The third-order valence-electron chi connectivity index (χ3n) is 2.19. The van der Waals surface area contributed by atoms with Crippen molar-refractivity contribution in [1.82, 2.24) is 15.8 Å². The number of hydrogen-bond acceptors (Lipinski definition) is 3. The van der Waals surface area contributed by atoms with Crippen molar-refractivity contribution in [2.45, 2.75) is 0 Å². The van der Waals surface area contributed by atoms with E-state index in [0.29, 0.717) is 16.1 Å². The first-order chi connectivity index (χ1) is 7.72. The summed E-state index contributed by atoms with van der Waals surface area (Å²) in [6.07, 6.45) is 1.62. The van der Waals surface area contributed by atoms with E-state index in [-0.39, 0.29) is 5.91 Å². The molecule has 1 amide bonds. The van der Waals surface area contributed by atoms with Gasteiger partial charge in [0.2, 0.25) is 0 Å². The molecule has 82 valence electrons. The Kier molecular flexibility index (Phi) is 3.03. The molecule has 2 N–H and O–H groups in total. The van der Waals surface area contributed by atoms with E-state index < -0.39 is 0 Å². The molecular formula is C11H10ClN3O. The number of hydrogen-bond donors (Lipinski definition) is 2. The second-order valence-electron chi connectivity index (χ2n) is 3.23. The molecule has 0 atom stereocenters. The van der Waals surface area contributed by atoms with Crippen LogP contribution >= 0.6 is 11.6 Å². The summed E-state index contributed by atoms with van der Waals surface area (Å²) < 4.78 is 0. The highest BCUT2D eigenvalue weighted by atomic mass is 35.5. The maximum absolute atomic E-state index is 11.5. The van der Waals surface area contributed by atoms with Gasteiger partial charge in [0.15, 0.2) is 0 Å². The van der Waals surface area contributed by atoms with Crippen LogP contribution < -0.4 is 10.9 Å². The van der Waals surface area contributed by atoms with Crippen molar-refractivity contribution in [3.8, 4) is 0 Å². The van der Waals surface area contributed by atoms with Crippen LogP contribution in [0.25, 0.3) is 10.9 Å². The number of benzene rings is 1. The number of halogens is 1. The number of hydrazine groups is 1. The SMILES string of the molecule is CNNC(=O)c1ccc2c(Cl)ccnc2c1. The second kappa shape index (κ2) is 4.47. The van der Waals surface area contributed by atoms with Crippen molar-refractivity contribution >= 4 is 28.4 Å². The Morgan fingerprint density at radius 3 is 2.94 bits per heavy atom. The van der Waals surface area contributed by atoms with Crippen LogP contribution in [0.15, 0.2) is 30.5 Å². The van der Waals surface area contributed by atoms with Crippen molar-refractivity contribution in [2.24, 2.45) is 0 Å². The standard InChI is InChI=1S/C11H10ClN3O/c1-13-15-11(16)7-2-3-8-9(12)4-5-14-10(8)6-7/h2-6,13H,1H3,(H,15,16). The van der Waals surface area contributed by atoms with Crippen LogP contribution in [0.3, 0.4) is 0 Å². The van der Waals surface area contributed by atoms with E-state index in [1.54, 1.807) is 37.5 Å². The number of nitrogens with zero attached hydrogens (tertiary/aromatic N) is 1. The van der Waals surface area contributed by atoms with Crippen LogP contribution in [0.1, 0.15) is 10.4 Å². The van der Waals surface area contributed by atoms with Crippen LogP contribution in [0.2, 0.25) is 5.02 Å². The van der Waals surface area contributed by atoms with Gasteiger partial charge in [-0.25, -0.2) is 5.43 Å². The molecule has 0 saturated carbocycles. The molecule has 0 radical (unpaired) electrons. The van der Waals surface area contributed by atoms with Gasteiger partial charge in [0.25, 0.3) is 5.91 Å².